The van der Waals surface area contributed by atoms with Crippen molar-refractivity contribution in [1.82, 2.24) is 4.98 Å². The van der Waals surface area contributed by atoms with Crippen molar-refractivity contribution in [2.45, 2.75) is 0 Å². The minimum atomic E-state index is -1.64. The highest BCUT2D eigenvalue weighted by atomic mass is 16.7. The molecule has 46 heavy (non-hydrogen) atoms. The number of benzene rings is 2. The summed E-state index contributed by atoms with van der Waals surface area (Å²) < 4.78 is 0. The quantitative estimate of drug-likeness (QED) is 0.124. The summed E-state index contributed by atoms with van der Waals surface area (Å²) in [5, 5.41) is 96.6. The number of aromatic nitrogens is 1. The molecule has 0 aliphatic heterocycles. The zero-order valence-corrected chi connectivity index (χ0v) is 21.4. The van der Waals surface area contributed by atoms with E-state index < -0.39 is 119 Å². The number of nitro groups is 8. The molecule has 29 nitrogen and oxygen atoms in total. The lowest BCUT2D eigenvalue weighted by atomic mass is 10.1. The normalized spacial score (nSPS) is 10.4. The van der Waals surface area contributed by atoms with Gasteiger partial charge in [-0.25, -0.2) is 0 Å². The Bertz CT molecular complexity index is 1880. The number of hydrogen-bond acceptors (Lipinski definition) is 21. The second-order valence-electron chi connectivity index (χ2n) is 8.14. The van der Waals surface area contributed by atoms with E-state index in [1.807, 2.05) is 0 Å². The van der Waals surface area contributed by atoms with Crippen LogP contribution in [0, 0.1) is 80.9 Å². The molecule has 2 aromatic carbocycles. The average Bonchev–Trinajstić information content (AvgIpc) is 2.91. The first-order valence-corrected chi connectivity index (χ1v) is 11.0. The highest BCUT2D eigenvalue weighted by Crippen LogP contribution is 2.52. The summed E-state index contributed by atoms with van der Waals surface area (Å²) in [4.78, 5) is 85.3. The van der Waals surface area contributed by atoms with E-state index in [4.69, 9.17) is 11.5 Å². The van der Waals surface area contributed by atoms with Gasteiger partial charge in [0, 0.05) is 0 Å². The highest BCUT2D eigenvalue weighted by Gasteiger charge is 2.42. The number of nitrogens with zero attached hydrogens (tertiary/aromatic N) is 9. The summed E-state index contributed by atoms with van der Waals surface area (Å²) >= 11 is 0. The van der Waals surface area contributed by atoms with Gasteiger partial charge in [0.05, 0.1) is 51.5 Å². The second kappa shape index (κ2) is 11.7. The summed E-state index contributed by atoms with van der Waals surface area (Å²) in [6.07, 6.45) is 0. The van der Waals surface area contributed by atoms with E-state index in [-0.39, 0.29) is 18.2 Å². The number of pyridine rings is 1. The summed E-state index contributed by atoms with van der Waals surface area (Å²) in [6, 6.07) is 0.484. The van der Waals surface area contributed by atoms with Crippen LogP contribution in [0.25, 0.3) is 0 Å². The Morgan fingerprint density at radius 3 is 1.11 bits per heavy atom. The minimum absolute atomic E-state index is 0.0660. The number of nitrogens with one attached hydrogen (secondary N) is 2. The molecule has 238 valence electrons. The Balaban J connectivity index is 2.47. The van der Waals surface area contributed by atoms with E-state index in [0.29, 0.717) is 0 Å². The van der Waals surface area contributed by atoms with Gasteiger partial charge in [0.25, 0.3) is 5.69 Å². The Labute approximate surface area is 246 Å². The molecule has 1 aromatic heterocycles. The van der Waals surface area contributed by atoms with Crippen LogP contribution >= 0.6 is 0 Å². The molecule has 29 heteroatoms. The first-order valence-electron chi connectivity index (χ1n) is 11.0. The maximum atomic E-state index is 11.8. The van der Waals surface area contributed by atoms with Gasteiger partial charge in [-0.2, -0.15) is 4.98 Å². The Morgan fingerprint density at radius 2 is 0.804 bits per heavy atom. The van der Waals surface area contributed by atoms with Crippen molar-refractivity contribution in [3.05, 3.63) is 99.1 Å². The third-order valence-corrected chi connectivity index (χ3v) is 5.59. The molecule has 0 spiro atoms. The lowest BCUT2D eigenvalue weighted by Gasteiger charge is -2.13. The van der Waals surface area contributed by atoms with Crippen LogP contribution in [0.5, 0.6) is 0 Å². The fourth-order valence-corrected chi connectivity index (χ4v) is 3.76. The lowest BCUT2D eigenvalue weighted by molar-refractivity contribution is -0.401. The molecule has 0 aliphatic rings. The van der Waals surface area contributed by atoms with Gasteiger partial charge in [0.1, 0.15) is 6.07 Å². The Kier molecular flexibility index (Phi) is 8.27. The topological polar surface area (TPSA) is 434 Å². The summed E-state index contributed by atoms with van der Waals surface area (Å²) in [7, 11) is 0. The van der Waals surface area contributed by atoms with Crippen LogP contribution in [0.3, 0.4) is 0 Å². The number of nitrogens with two attached hydrogens (primary N) is 2. The predicted molar refractivity (Wildman–Crippen MR) is 146 cm³/mol. The van der Waals surface area contributed by atoms with Crippen LogP contribution in [0.1, 0.15) is 0 Å². The van der Waals surface area contributed by atoms with Crippen LogP contribution in [0.15, 0.2) is 18.2 Å². The molecule has 0 saturated carbocycles. The van der Waals surface area contributed by atoms with Crippen molar-refractivity contribution in [1.29, 1.82) is 0 Å². The summed E-state index contributed by atoms with van der Waals surface area (Å²) in [5.41, 5.74) is -6.30. The zero-order valence-electron chi connectivity index (χ0n) is 21.4. The van der Waals surface area contributed by atoms with Gasteiger partial charge in [-0.1, -0.05) is 0 Å². The molecule has 0 saturated heterocycles. The van der Waals surface area contributed by atoms with E-state index in [1.54, 1.807) is 10.6 Å². The van der Waals surface area contributed by atoms with Crippen LogP contribution in [0.2, 0.25) is 0 Å². The first-order chi connectivity index (χ1) is 21.3. The molecule has 3 aromatic rings. The molecule has 0 unspecified atom stereocenters. The van der Waals surface area contributed by atoms with Crippen molar-refractivity contribution < 1.29 is 39.4 Å². The first kappa shape index (κ1) is 32.5. The third kappa shape index (κ3) is 5.69. The molecule has 3 rings (SSSR count). The van der Waals surface area contributed by atoms with Crippen LogP contribution in [-0.2, 0) is 0 Å². The second-order valence-corrected chi connectivity index (χ2v) is 8.14. The van der Waals surface area contributed by atoms with Crippen LogP contribution in [0.4, 0.5) is 79.9 Å². The molecule has 6 N–H and O–H groups in total. The maximum absolute atomic E-state index is 11.8. The molecule has 0 bridgehead atoms. The van der Waals surface area contributed by atoms with Crippen molar-refractivity contribution >= 4 is 79.9 Å². The summed E-state index contributed by atoms with van der Waals surface area (Å²) in [5.74, 6) is -2.70. The molecular formula is C17H9N13O16. The van der Waals surface area contributed by atoms with Gasteiger partial charge in [0.2, 0.25) is 17.3 Å². The van der Waals surface area contributed by atoms with Gasteiger partial charge < -0.3 is 22.1 Å². The van der Waals surface area contributed by atoms with Gasteiger partial charge >= 0.3 is 39.8 Å². The molecule has 0 amide bonds. The number of nitro benzene ring substituents is 6. The van der Waals surface area contributed by atoms with E-state index in [9.17, 15) is 80.9 Å². The third-order valence-electron chi connectivity index (χ3n) is 5.59. The van der Waals surface area contributed by atoms with Crippen LogP contribution in [-0.4, -0.2) is 44.4 Å². The fourth-order valence-electron chi connectivity index (χ4n) is 3.76. The number of anilines is 6. The van der Waals surface area contributed by atoms with Crippen molar-refractivity contribution in [3.63, 3.8) is 0 Å². The van der Waals surface area contributed by atoms with Crippen molar-refractivity contribution in [2.75, 3.05) is 22.1 Å². The van der Waals surface area contributed by atoms with Gasteiger partial charge in [-0.15, -0.1) is 0 Å². The maximum Gasteiger partial charge on any atom is 0.329 e. The summed E-state index contributed by atoms with van der Waals surface area (Å²) in [6.45, 7) is 0. The van der Waals surface area contributed by atoms with Crippen LogP contribution < -0.4 is 22.1 Å². The van der Waals surface area contributed by atoms with Crippen molar-refractivity contribution in [2.24, 2.45) is 0 Å². The molecule has 1 heterocycles. The number of hydrogen-bond donors (Lipinski definition) is 4. The molecular weight excluding hydrogens is 642 g/mol. The fraction of sp³-hybridized carbons (Fsp3) is 0. The predicted octanol–water partition coefficient (Wildman–Crippen LogP) is 3.00. The number of non-ortho nitro benzene ring substituents is 1. The minimum Gasteiger partial charge on any atom is -0.387 e. The molecule has 0 fully saturated rings. The molecule has 0 radical (unpaired) electrons. The van der Waals surface area contributed by atoms with E-state index >= 15 is 0 Å². The smallest absolute Gasteiger partial charge is 0.329 e. The van der Waals surface area contributed by atoms with Gasteiger partial charge in [-0.05, 0) is 0 Å². The lowest BCUT2D eigenvalue weighted by Crippen LogP contribution is -2.13. The van der Waals surface area contributed by atoms with E-state index in [0.717, 1.165) is 0 Å². The van der Waals surface area contributed by atoms with E-state index in [2.05, 4.69) is 4.98 Å². The average molecular weight is 651 g/mol. The van der Waals surface area contributed by atoms with Crippen molar-refractivity contribution in [3.8, 4) is 0 Å². The Morgan fingerprint density at radius 1 is 0.457 bits per heavy atom. The molecule has 0 atom stereocenters. The highest BCUT2D eigenvalue weighted by molar-refractivity contribution is 6.00. The van der Waals surface area contributed by atoms with Gasteiger partial charge in [0.15, 0.2) is 17.1 Å². The monoisotopic (exact) mass is 651 g/mol. The largest absolute Gasteiger partial charge is 0.387 e. The molecule has 0 aliphatic carbocycles. The Hall–Kier alpha value is -8.01. The standard InChI is InChI=1S/C17H9N13O16/c18-9-13(28(41)42)10(19)15(30(45)46)12(14(9)29(43)44)21-17-8(27(39)40)3-7(26(37)38)16(22-17)20-11-5(24(33)34)1-4(23(31)32)2-6(11)25(35)36/h1-3H,18-19H2,(H2,20,21,22). The SMILES string of the molecule is Nc1c([N+](=O)[O-])c(N)c([N+](=O)[O-])c(Nc2nc(Nc3c([N+](=O)[O-])cc([N+](=O)[O-])cc3[N+](=O)[O-])c([N+](=O)[O-])cc2[N+](=O)[O-])c1[N+](=O)[O-]. The zero-order chi connectivity index (χ0) is 34.9. The number of nitrogen functional groups attached to an aromatic ring is 2. The van der Waals surface area contributed by atoms with Gasteiger partial charge in [-0.3, -0.25) is 80.9 Å². The van der Waals surface area contributed by atoms with E-state index in [1.165, 1.54) is 0 Å². The number of rotatable bonds is 12.